The fourth-order valence-corrected chi connectivity index (χ4v) is 1.84. The summed E-state index contributed by atoms with van der Waals surface area (Å²) in [6.45, 7) is 5.00. The number of phenolic OH excluding ortho intramolecular Hbond substituents is 1. The normalized spacial score (nSPS) is 15.4. The highest BCUT2D eigenvalue weighted by Crippen LogP contribution is 2.35. The number of aromatic hydroxyl groups is 1. The van der Waals surface area contributed by atoms with Crippen molar-refractivity contribution in [2.24, 2.45) is 0 Å². The monoisotopic (exact) mass is 208 g/mol. The molecule has 1 aromatic rings. The van der Waals surface area contributed by atoms with Gasteiger partial charge in [-0.2, -0.15) is 0 Å². The second-order valence-corrected chi connectivity index (χ2v) is 4.67. The standard InChI is InChI=1S/C12H16O3/c1-12(2,7-13)10-3-8-5-15-6-9(8)4-11(10)14/h3-4,13-14H,5-7H2,1-2H3. The summed E-state index contributed by atoms with van der Waals surface area (Å²) >= 11 is 0. The molecule has 15 heavy (non-hydrogen) atoms. The zero-order chi connectivity index (χ0) is 11.1. The molecule has 3 nitrogen and oxygen atoms in total. The first-order chi connectivity index (χ1) is 7.04. The molecule has 1 aromatic carbocycles. The molecule has 1 heterocycles. The number of hydrogen-bond acceptors (Lipinski definition) is 3. The van der Waals surface area contributed by atoms with Crippen LogP contribution in [-0.4, -0.2) is 16.8 Å². The van der Waals surface area contributed by atoms with E-state index in [1.165, 1.54) is 0 Å². The van der Waals surface area contributed by atoms with Gasteiger partial charge < -0.3 is 14.9 Å². The van der Waals surface area contributed by atoms with Crippen LogP contribution in [0.5, 0.6) is 5.75 Å². The fraction of sp³-hybridized carbons (Fsp3) is 0.500. The number of aliphatic hydroxyl groups excluding tert-OH is 1. The Morgan fingerprint density at radius 3 is 2.47 bits per heavy atom. The molecule has 0 aromatic heterocycles. The second kappa shape index (κ2) is 3.51. The highest BCUT2D eigenvalue weighted by atomic mass is 16.5. The van der Waals surface area contributed by atoms with E-state index in [2.05, 4.69) is 0 Å². The Labute approximate surface area is 89.3 Å². The van der Waals surface area contributed by atoms with Gasteiger partial charge in [-0.05, 0) is 23.3 Å². The average molecular weight is 208 g/mol. The number of benzene rings is 1. The van der Waals surface area contributed by atoms with Crippen molar-refractivity contribution in [2.45, 2.75) is 32.5 Å². The van der Waals surface area contributed by atoms with Gasteiger partial charge in [0, 0.05) is 11.0 Å². The van der Waals surface area contributed by atoms with E-state index in [9.17, 15) is 10.2 Å². The molecule has 2 N–H and O–H groups in total. The summed E-state index contributed by atoms with van der Waals surface area (Å²) in [5, 5.41) is 19.2. The van der Waals surface area contributed by atoms with Crippen LogP contribution in [0.25, 0.3) is 0 Å². The summed E-state index contributed by atoms with van der Waals surface area (Å²) in [5.74, 6) is 0.248. The molecule has 0 aliphatic carbocycles. The van der Waals surface area contributed by atoms with E-state index < -0.39 is 5.41 Å². The first kappa shape index (κ1) is 10.5. The highest BCUT2D eigenvalue weighted by Gasteiger charge is 2.25. The largest absolute Gasteiger partial charge is 0.508 e. The maximum Gasteiger partial charge on any atom is 0.119 e. The molecule has 2 rings (SSSR count). The van der Waals surface area contributed by atoms with E-state index in [1.54, 1.807) is 6.07 Å². The lowest BCUT2D eigenvalue weighted by Gasteiger charge is -2.24. The van der Waals surface area contributed by atoms with Crippen molar-refractivity contribution in [3.8, 4) is 5.75 Å². The molecular formula is C12H16O3. The predicted molar refractivity (Wildman–Crippen MR) is 56.7 cm³/mol. The summed E-state index contributed by atoms with van der Waals surface area (Å²) in [7, 11) is 0. The maximum atomic E-state index is 9.87. The molecule has 0 atom stereocenters. The summed E-state index contributed by atoms with van der Waals surface area (Å²) in [4.78, 5) is 0. The summed E-state index contributed by atoms with van der Waals surface area (Å²) in [6, 6.07) is 3.68. The van der Waals surface area contributed by atoms with Crippen molar-refractivity contribution >= 4 is 0 Å². The minimum atomic E-state index is -0.415. The Morgan fingerprint density at radius 1 is 1.27 bits per heavy atom. The van der Waals surface area contributed by atoms with Crippen molar-refractivity contribution < 1.29 is 14.9 Å². The Morgan fingerprint density at radius 2 is 1.87 bits per heavy atom. The maximum absolute atomic E-state index is 9.87. The Kier molecular flexibility index (Phi) is 2.44. The second-order valence-electron chi connectivity index (χ2n) is 4.67. The quantitative estimate of drug-likeness (QED) is 0.777. The van der Waals surface area contributed by atoms with Crippen molar-refractivity contribution in [2.75, 3.05) is 6.61 Å². The third kappa shape index (κ3) is 1.73. The summed E-state index contributed by atoms with van der Waals surface area (Å²) in [6.07, 6.45) is 0. The van der Waals surface area contributed by atoms with Gasteiger partial charge in [0.05, 0.1) is 19.8 Å². The van der Waals surface area contributed by atoms with E-state index in [1.807, 2.05) is 19.9 Å². The van der Waals surface area contributed by atoms with Gasteiger partial charge in [0.25, 0.3) is 0 Å². The smallest absolute Gasteiger partial charge is 0.119 e. The Balaban J connectivity index is 2.49. The van der Waals surface area contributed by atoms with Crippen molar-refractivity contribution in [3.05, 3.63) is 28.8 Å². The third-order valence-electron chi connectivity index (χ3n) is 2.96. The van der Waals surface area contributed by atoms with Gasteiger partial charge in [-0.25, -0.2) is 0 Å². The Bertz CT molecular complexity index is 383. The van der Waals surface area contributed by atoms with Crippen LogP contribution in [0.15, 0.2) is 12.1 Å². The van der Waals surface area contributed by atoms with E-state index >= 15 is 0 Å². The number of hydrogen-bond donors (Lipinski definition) is 2. The summed E-state index contributed by atoms with van der Waals surface area (Å²) in [5.41, 5.74) is 2.53. The van der Waals surface area contributed by atoms with Gasteiger partial charge in [0.15, 0.2) is 0 Å². The molecule has 0 radical (unpaired) electrons. The minimum absolute atomic E-state index is 0.0141. The number of phenols is 1. The van der Waals surface area contributed by atoms with E-state index in [-0.39, 0.29) is 12.4 Å². The van der Waals surface area contributed by atoms with Crippen LogP contribution in [0.1, 0.15) is 30.5 Å². The number of rotatable bonds is 2. The molecule has 82 valence electrons. The van der Waals surface area contributed by atoms with Crippen LogP contribution >= 0.6 is 0 Å². The topological polar surface area (TPSA) is 49.7 Å². The van der Waals surface area contributed by atoms with Gasteiger partial charge >= 0.3 is 0 Å². The molecule has 0 fully saturated rings. The van der Waals surface area contributed by atoms with Gasteiger partial charge in [-0.3, -0.25) is 0 Å². The molecular weight excluding hydrogens is 192 g/mol. The van der Waals surface area contributed by atoms with Crippen molar-refractivity contribution in [3.63, 3.8) is 0 Å². The van der Waals surface area contributed by atoms with Gasteiger partial charge in [-0.15, -0.1) is 0 Å². The average Bonchev–Trinajstić information content (AvgIpc) is 2.63. The van der Waals surface area contributed by atoms with Crippen LogP contribution < -0.4 is 0 Å². The fourth-order valence-electron chi connectivity index (χ4n) is 1.84. The van der Waals surface area contributed by atoms with Crippen LogP contribution in [0.2, 0.25) is 0 Å². The number of ether oxygens (including phenoxy) is 1. The van der Waals surface area contributed by atoms with Crippen LogP contribution in [0.3, 0.4) is 0 Å². The van der Waals surface area contributed by atoms with Gasteiger partial charge in [0.2, 0.25) is 0 Å². The number of aliphatic hydroxyl groups is 1. The van der Waals surface area contributed by atoms with Gasteiger partial charge in [0.1, 0.15) is 5.75 Å². The molecule has 0 unspecified atom stereocenters. The van der Waals surface area contributed by atoms with Crippen LogP contribution in [0, 0.1) is 0 Å². The predicted octanol–water partition coefficient (Wildman–Crippen LogP) is 1.69. The van der Waals surface area contributed by atoms with Crippen molar-refractivity contribution in [1.29, 1.82) is 0 Å². The van der Waals surface area contributed by atoms with Crippen LogP contribution in [-0.2, 0) is 23.4 Å². The molecule has 3 heteroatoms. The first-order valence-electron chi connectivity index (χ1n) is 5.08. The van der Waals surface area contributed by atoms with Gasteiger partial charge in [-0.1, -0.05) is 13.8 Å². The lowest BCUT2D eigenvalue weighted by Crippen LogP contribution is -2.22. The van der Waals surface area contributed by atoms with E-state index in [4.69, 9.17) is 4.74 Å². The molecule has 0 amide bonds. The lowest BCUT2D eigenvalue weighted by molar-refractivity contribution is 0.134. The minimum Gasteiger partial charge on any atom is -0.508 e. The number of fused-ring (bicyclic) bond motifs is 1. The highest BCUT2D eigenvalue weighted by molar-refractivity contribution is 5.46. The van der Waals surface area contributed by atoms with E-state index in [0.717, 1.165) is 16.7 Å². The zero-order valence-corrected chi connectivity index (χ0v) is 9.08. The molecule has 0 spiro atoms. The Hall–Kier alpha value is -1.06. The molecule has 0 bridgehead atoms. The zero-order valence-electron chi connectivity index (χ0n) is 9.08. The molecule has 1 aliphatic heterocycles. The van der Waals surface area contributed by atoms with E-state index in [0.29, 0.717) is 13.2 Å². The SMILES string of the molecule is CC(C)(CO)c1cc2c(cc1O)COC2. The molecule has 0 saturated heterocycles. The third-order valence-corrected chi connectivity index (χ3v) is 2.96. The lowest BCUT2D eigenvalue weighted by atomic mass is 9.83. The first-order valence-corrected chi connectivity index (χ1v) is 5.08. The van der Waals surface area contributed by atoms with Crippen LogP contribution in [0.4, 0.5) is 0 Å². The van der Waals surface area contributed by atoms with Crippen molar-refractivity contribution in [1.82, 2.24) is 0 Å². The molecule has 1 aliphatic rings. The molecule has 0 saturated carbocycles. The summed E-state index contributed by atoms with van der Waals surface area (Å²) < 4.78 is 5.30.